The third-order valence-corrected chi connectivity index (χ3v) is 2.00. The molecule has 1 heterocycles. The number of halogens is 1. The number of nitrogens with one attached hydrogen (secondary N) is 1. The lowest BCUT2D eigenvalue weighted by Gasteiger charge is -2.12. The fourth-order valence-electron chi connectivity index (χ4n) is 1.15. The number of hydrogen-bond acceptors (Lipinski definition) is 6. The predicted octanol–water partition coefficient (Wildman–Crippen LogP) is 1.76. The Morgan fingerprint density at radius 3 is 2.76 bits per heavy atom. The summed E-state index contributed by atoms with van der Waals surface area (Å²) in [6, 6.07) is 0.202. The van der Waals surface area contributed by atoms with Gasteiger partial charge >= 0.3 is 6.01 Å². The normalized spacial score (nSPS) is 12.2. The van der Waals surface area contributed by atoms with Crippen molar-refractivity contribution in [1.29, 1.82) is 0 Å². The van der Waals surface area contributed by atoms with E-state index < -0.39 is 0 Å². The van der Waals surface area contributed by atoms with Crippen molar-refractivity contribution in [3.05, 3.63) is 5.28 Å². The van der Waals surface area contributed by atoms with E-state index in [0.717, 1.165) is 13.0 Å². The number of nitrogens with zero attached hydrogens (tertiary/aromatic N) is 3. The SMILES string of the molecule is CCCNc1nc(Cl)nc(OC(C)COC)n1. The first-order valence-electron chi connectivity index (χ1n) is 5.46. The van der Waals surface area contributed by atoms with Crippen molar-refractivity contribution in [3.8, 4) is 6.01 Å². The smallest absolute Gasteiger partial charge is 0.322 e. The lowest BCUT2D eigenvalue weighted by atomic mass is 10.4. The first-order chi connectivity index (χ1) is 8.15. The molecule has 1 rings (SSSR count). The van der Waals surface area contributed by atoms with Gasteiger partial charge in [-0.1, -0.05) is 6.92 Å². The summed E-state index contributed by atoms with van der Waals surface area (Å²) in [7, 11) is 1.61. The van der Waals surface area contributed by atoms with E-state index in [-0.39, 0.29) is 17.4 Å². The second kappa shape index (κ2) is 7.24. The zero-order chi connectivity index (χ0) is 12.7. The molecule has 96 valence electrons. The summed E-state index contributed by atoms with van der Waals surface area (Å²) < 4.78 is 10.4. The number of hydrogen-bond donors (Lipinski definition) is 1. The van der Waals surface area contributed by atoms with Crippen molar-refractivity contribution in [2.24, 2.45) is 0 Å². The van der Waals surface area contributed by atoms with Gasteiger partial charge < -0.3 is 14.8 Å². The number of methoxy groups -OCH3 is 1. The Morgan fingerprint density at radius 1 is 1.35 bits per heavy atom. The van der Waals surface area contributed by atoms with Gasteiger partial charge in [-0.2, -0.15) is 15.0 Å². The van der Waals surface area contributed by atoms with Gasteiger partial charge in [0.05, 0.1) is 6.61 Å². The van der Waals surface area contributed by atoms with E-state index in [0.29, 0.717) is 12.6 Å². The maximum Gasteiger partial charge on any atom is 0.322 e. The Balaban J connectivity index is 2.67. The van der Waals surface area contributed by atoms with E-state index in [9.17, 15) is 0 Å². The maximum absolute atomic E-state index is 5.78. The summed E-state index contributed by atoms with van der Waals surface area (Å²) in [6.45, 7) is 5.14. The maximum atomic E-state index is 5.78. The van der Waals surface area contributed by atoms with E-state index in [1.165, 1.54) is 0 Å². The Bertz CT molecular complexity index is 351. The largest absolute Gasteiger partial charge is 0.458 e. The van der Waals surface area contributed by atoms with E-state index >= 15 is 0 Å². The van der Waals surface area contributed by atoms with Gasteiger partial charge in [-0.15, -0.1) is 0 Å². The summed E-state index contributed by atoms with van der Waals surface area (Å²) >= 11 is 5.78. The molecule has 0 bridgehead atoms. The molecule has 0 aliphatic carbocycles. The van der Waals surface area contributed by atoms with Crippen molar-refractivity contribution < 1.29 is 9.47 Å². The third-order valence-electron chi connectivity index (χ3n) is 1.83. The molecule has 0 aliphatic heterocycles. The minimum absolute atomic E-state index is 0.109. The first-order valence-corrected chi connectivity index (χ1v) is 5.84. The molecule has 1 N–H and O–H groups in total. The summed E-state index contributed by atoms with van der Waals surface area (Å²) in [5.74, 6) is 0.423. The van der Waals surface area contributed by atoms with Crippen molar-refractivity contribution in [3.63, 3.8) is 0 Å². The molecule has 1 aromatic rings. The molecule has 1 atom stereocenters. The molecule has 17 heavy (non-hydrogen) atoms. The Hall–Kier alpha value is -1.14. The molecule has 0 aliphatic rings. The molecule has 0 saturated heterocycles. The molecule has 0 amide bonds. The van der Waals surface area contributed by atoms with Crippen LogP contribution in [0.2, 0.25) is 5.28 Å². The van der Waals surface area contributed by atoms with Gasteiger partial charge in [0.1, 0.15) is 6.10 Å². The quantitative estimate of drug-likeness (QED) is 0.806. The van der Waals surface area contributed by atoms with Crippen LogP contribution in [0.4, 0.5) is 5.95 Å². The topological polar surface area (TPSA) is 69.2 Å². The molecular formula is C10H17ClN4O2. The van der Waals surface area contributed by atoms with Crippen LogP contribution in [0.3, 0.4) is 0 Å². The highest BCUT2D eigenvalue weighted by Gasteiger charge is 2.09. The molecule has 0 aromatic carbocycles. The molecule has 0 saturated carbocycles. The fraction of sp³-hybridized carbons (Fsp3) is 0.700. The predicted molar refractivity (Wildman–Crippen MR) is 65.6 cm³/mol. The second-order valence-electron chi connectivity index (χ2n) is 3.52. The van der Waals surface area contributed by atoms with Crippen LogP contribution in [0.1, 0.15) is 20.3 Å². The molecular weight excluding hydrogens is 244 g/mol. The zero-order valence-corrected chi connectivity index (χ0v) is 11.0. The highest BCUT2D eigenvalue weighted by molar-refractivity contribution is 6.28. The zero-order valence-electron chi connectivity index (χ0n) is 10.2. The van der Waals surface area contributed by atoms with E-state index in [2.05, 4.69) is 20.3 Å². The average molecular weight is 261 g/mol. The van der Waals surface area contributed by atoms with Crippen LogP contribution < -0.4 is 10.1 Å². The number of rotatable bonds is 7. The summed E-state index contributed by atoms with van der Waals surface area (Å²) in [5.41, 5.74) is 0. The van der Waals surface area contributed by atoms with Crippen LogP contribution >= 0.6 is 11.6 Å². The average Bonchev–Trinajstić information content (AvgIpc) is 2.25. The molecule has 0 fully saturated rings. The van der Waals surface area contributed by atoms with Crippen molar-refractivity contribution >= 4 is 17.5 Å². The molecule has 6 nitrogen and oxygen atoms in total. The highest BCUT2D eigenvalue weighted by atomic mass is 35.5. The van der Waals surface area contributed by atoms with Gasteiger partial charge in [0.15, 0.2) is 0 Å². The van der Waals surface area contributed by atoms with E-state index in [1.807, 2.05) is 13.8 Å². The van der Waals surface area contributed by atoms with Gasteiger partial charge in [-0.3, -0.25) is 0 Å². The molecule has 7 heteroatoms. The van der Waals surface area contributed by atoms with Crippen molar-refractivity contribution in [2.45, 2.75) is 26.4 Å². The van der Waals surface area contributed by atoms with Gasteiger partial charge in [0.2, 0.25) is 11.2 Å². The molecule has 0 spiro atoms. The van der Waals surface area contributed by atoms with E-state index in [1.54, 1.807) is 7.11 Å². The van der Waals surface area contributed by atoms with Crippen LogP contribution in [0.25, 0.3) is 0 Å². The van der Waals surface area contributed by atoms with Crippen molar-refractivity contribution in [2.75, 3.05) is 25.6 Å². The van der Waals surface area contributed by atoms with Gasteiger partial charge in [0.25, 0.3) is 0 Å². The Morgan fingerprint density at radius 2 is 2.12 bits per heavy atom. The number of aromatic nitrogens is 3. The van der Waals surface area contributed by atoms with E-state index in [4.69, 9.17) is 21.1 Å². The lowest BCUT2D eigenvalue weighted by Crippen LogP contribution is -2.20. The van der Waals surface area contributed by atoms with Crippen LogP contribution in [0.15, 0.2) is 0 Å². The van der Waals surface area contributed by atoms with Crippen LogP contribution in [-0.4, -0.2) is 41.3 Å². The molecule has 1 unspecified atom stereocenters. The molecule has 0 radical (unpaired) electrons. The second-order valence-corrected chi connectivity index (χ2v) is 3.86. The van der Waals surface area contributed by atoms with Gasteiger partial charge in [-0.25, -0.2) is 0 Å². The van der Waals surface area contributed by atoms with Crippen LogP contribution in [0, 0.1) is 0 Å². The first kappa shape index (κ1) is 13.9. The highest BCUT2D eigenvalue weighted by Crippen LogP contribution is 2.12. The van der Waals surface area contributed by atoms with Gasteiger partial charge in [-0.05, 0) is 24.9 Å². The Labute approximate surface area is 106 Å². The third kappa shape index (κ3) is 5.14. The van der Waals surface area contributed by atoms with Crippen LogP contribution in [0.5, 0.6) is 6.01 Å². The minimum atomic E-state index is -0.141. The van der Waals surface area contributed by atoms with Crippen LogP contribution in [-0.2, 0) is 4.74 Å². The summed E-state index contributed by atoms with van der Waals surface area (Å²) in [6.07, 6.45) is 0.831. The van der Waals surface area contributed by atoms with Crippen molar-refractivity contribution in [1.82, 2.24) is 15.0 Å². The number of anilines is 1. The Kier molecular flexibility index (Phi) is 5.93. The summed E-state index contributed by atoms with van der Waals surface area (Å²) in [5, 5.41) is 3.13. The fourth-order valence-corrected chi connectivity index (χ4v) is 1.30. The summed E-state index contributed by atoms with van der Waals surface area (Å²) in [4.78, 5) is 11.9. The minimum Gasteiger partial charge on any atom is -0.458 e. The lowest BCUT2D eigenvalue weighted by molar-refractivity contribution is 0.0855. The van der Waals surface area contributed by atoms with Gasteiger partial charge in [0, 0.05) is 13.7 Å². The standard InChI is InChI=1S/C10H17ClN4O2/c1-4-5-12-9-13-8(11)14-10(15-9)17-7(2)6-16-3/h7H,4-6H2,1-3H3,(H,12,13,14,15). The monoisotopic (exact) mass is 260 g/mol. The molecule has 1 aromatic heterocycles. The number of ether oxygens (including phenoxy) is 2.